The number of aryl methyl sites for hydroxylation is 1. The third-order valence-electron chi connectivity index (χ3n) is 7.50. The molecular formula is C26H25ClN2O4. The van der Waals surface area contributed by atoms with Gasteiger partial charge >= 0.3 is 0 Å². The Bertz CT molecular complexity index is 1120. The van der Waals surface area contributed by atoms with Crippen molar-refractivity contribution in [1.82, 2.24) is 10.0 Å². The molecule has 1 aliphatic heterocycles. The largest absolute Gasteiger partial charge is 0.292 e. The molecule has 2 aromatic carbocycles. The first-order valence-electron chi connectivity index (χ1n) is 11.4. The second kappa shape index (κ2) is 8.10. The molecule has 0 unspecified atom stereocenters. The average molecular weight is 465 g/mol. The van der Waals surface area contributed by atoms with Crippen molar-refractivity contribution in [2.45, 2.75) is 39.2 Å². The molecule has 0 radical (unpaired) electrons. The molecule has 3 amide bonds. The van der Waals surface area contributed by atoms with Gasteiger partial charge in [-0.25, -0.2) is 5.01 Å². The summed E-state index contributed by atoms with van der Waals surface area (Å²) >= 11 is 5.98. The van der Waals surface area contributed by atoms with Crippen molar-refractivity contribution in [2.24, 2.45) is 23.7 Å². The molecule has 0 N–H and O–H groups in total. The zero-order valence-electron chi connectivity index (χ0n) is 18.5. The third-order valence-corrected chi connectivity index (χ3v) is 7.75. The van der Waals surface area contributed by atoms with Crippen LogP contribution in [0.4, 0.5) is 0 Å². The Labute approximate surface area is 197 Å². The molecule has 0 aromatic heterocycles. The lowest BCUT2D eigenvalue weighted by Crippen LogP contribution is -2.56. The molecule has 2 aromatic rings. The quantitative estimate of drug-likeness (QED) is 0.488. The van der Waals surface area contributed by atoms with Gasteiger partial charge in [0.05, 0.1) is 11.8 Å². The molecule has 2 aliphatic carbocycles. The van der Waals surface area contributed by atoms with Gasteiger partial charge in [0.15, 0.2) is 5.78 Å². The van der Waals surface area contributed by atoms with E-state index in [2.05, 4.69) is 0 Å². The fourth-order valence-corrected chi connectivity index (χ4v) is 5.97. The van der Waals surface area contributed by atoms with E-state index >= 15 is 0 Å². The van der Waals surface area contributed by atoms with E-state index in [1.54, 1.807) is 31.2 Å². The van der Waals surface area contributed by atoms with Gasteiger partial charge < -0.3 is 0 Å². The first kappa shape index (κ1) is 21.8. The highest BCUT2D eigenvalue weighted by molar-refractivity contribution is 6.30. The molecule has 3 fully saturated rings. The maximum atomic E-state index is 13.6. The molecule has 2 bridgehead atoms. The smallest absolute Gasteiger partial charge is 0.273 e. The summed E-state index contributed by atoms with van der Waals surface area (Å²) in [6.07, 6.45) is 2.76. The van der Waals surface area contributed by atoms with Gasteiger partial charge in [0.25, 0.3) is 17.7 Å². The SMILES string of the molecule is Cc1ccc(C(=O)[C@H](C)N(C(=O)c2ccc(Cl)cc2)N2C(=O)[C@H]3[C@H]4CC[C@@H](C4)[C@@H]3C2=O)cc1. The molecule has 2 saturated carbocycles. The number of hydrogen-bond acceptors (Lipinski definition) is 4. The summed E-state index contributed by atoms with van der Waals surface area (Å²) in [5.41, 5.74) is 1.67. The first-order chi connectivity index (χ1) is 15.8. The molecule has 1 saturated heterocycles. The predicted molar refractivity (Wildman–Crippen MR) is 122 cm³/mol. The van der Waals surface area contributed by atoms with Crippen LogP contribution in [0.5, 0.6) is 0 Å². The van der Waals surface area contributed by atoms with Crippen LogP contribution in [-0.4, -0.2) is 39.6 Å². The molecular weight excluding hydrogens is 440 g/mol. The normalized spacial score (nSPS) is 26.5. The standard InChI is InChI=1S/C26H25ClN2O4/c1-14-3-5-16(6-4-14)23(30)15(2)28(24(31)17-9-11-20(27)12-10-17)29-25(32)21-18-7-8-19(13-18)22(21)26(29)33/h3-6,9-12,15,18-19,21-22H,7-8,13H2,1-2H3/t15-,18-,19-,21-,22-/m0/s1. The summed E-state index contributed by atoms with van der Waals surface area (Å²) in [6, 6.07) is 12.2. The number of halogens is 1. The van der Waals surface area contributed by atoms with Crippen molar-refractivity contribution < 1.29 is 19.2 Å². The van der Waals surface area contributed by atoms with Gasteiger partial charge in [0.1, 0.15) is 6.04 Å². The molecule has 3 aliphatic rings. The lowest BCUT2D eigenvalue weighted by Gasteiger charge is -2.35. The number of hydrogen-bond donors (Lipinski definition) is 0. The zero-order valence-corrected chi connectivity index (χ0v) is 19.3. The van der Waals surface area contributed by atoms with E-state index in [9.17, 15) is 19.2 Å². The van der Waals surface area contributed by atoms with Crippen molar-refractivity contribution in [1.29, 1.82) is 0 Å². The topological polar surface area (TPSA) is 74.8 Å². The van der Waals surface area contributed by atoms with Gasteiger partial charge in [-0.05, 0) is 69.2 Å². The number of carbonyl (C=O) groups is 4. The monoisotopic (exact) mass is 464 g/mol. The van der Waals surface area contributed by atoms with Crippen LogP contribution in [0.25, 0.3) is 0 Å². The zero-order chi connectivity index (χ0) is 23.4. The number of fused-ring (bicyclic) bond motifs is 5. The fourth-order valence-electron chi connectivity index (χ4n) is 5.84. The molecule has 170 valence electrons. The Morgan fingerprint density at radius 2 is 1.42 bits per heavy atom. The second-order valence-corrected chi connectivity index (χ2v) is 9.87. The van der Waals surface area contributed by atoms with Crippen molar-refractivity contribution in [2.75, 3.05) is 0 Å². The van der Waals surface area contributed by atoms with E-state index in [0.717, 1.165) is 34.8 Å². The number of benzene rings is 2. The Morgan fingerprint density at radius 3 is 1.97 bits per heavy atom. The molecule has 6 nitrogen and oxygen atoms in total. The van der Waals surface area contributed by atoms with E-state index in [0.29, 0.717) is 10.6 Å². The number of imide groups is 1. The maximum Gasteiger partial charge on any atom is 0.273 e. The minimum Gasteiger partial charge on any atom is -0.292 e. The van der Waals surface area contributed by atoms with Crippen LogP contribution in [0.3, 0.4) is 0 Å². The Kier molecular flexibility index (Phi) is 5.36. The van der Waals surface area contributed by atoms with E-state index < -0.39 is 23.8 Å². The molecule has 7 heteroatoms. The highest BCUT2D eigenvalue weighted by atomic mass is 35.5. The highest BCUT2D eigenvalue weighted by Gasteiger charge is 2.63. The van der Waals surface area contributed by atoms with Gasteiger partial charge in [-0.1, -0.05) is 41.4 Å². The van der Waals surface area contributed by atoms with E-state index in [4.69, 9.17) is 11.6 Å². The summed E-state index contributed by atoms with van der Waals surface area (Å²) in [5.74, 6) is -2.05. The lowest BCUT2D eigenvalue weighted by atomic mass is 9.81. The summed E-state index contributed by atoms with van der Waals surface area (Å²) in [5, 5.41) is 2.52. The van der Waals surface area contributed by atoms with Crippen LogP contribution in [-0.2, 0) is 9.59 Å². The Morgan fingerprint density at radius 1 is 0.909 bits per heavy atom. The van der Waals surface area contributed by atoms with Crippen LogP contribution in [0, 0.1) is 30.6 Å². The van der Waals surface area contributed by atoms with Crippen LogP contribution < -0.4 is 0 Å². The average Bonchev–Trinajstić information content (AvgIpc) is 3.49. The molecule has 0 spiro atoms. The van der Waals surface area contributed by atoms with Gasteiger partial charge in [0.2, 0.25) is 0 Å². The van der Waals surface area contributed by atoms with E-state index in [-0.39, 0.29) is 35.0 Å². The lowest BCUT2D eigenvalue weighted by molar-refractivity contribution is -0.157. The number of nitrogens with zero attached hydrogens (tertiary/aromatic N) is 2. The molecule has 33 heavy (non-hydrogen) atoms. The van der Waals surface area contributed by atoms with Gasteiger partial charge in [-0.2, -0.15) is 5.01 Å². The highest BCUT2D eigenvalue weighted by Crippen LogP contribution is 2.56. The van der Waals surface area contributed by atoms with Gasteiger partial charge in [0, 0.05) is 16.1 Å². The number of hydrazine groups is 1. The number of rotatable bonds is 5. The van der Waals surface area contributed by atoms with Crippen molar-refractivity contribution in [3.63, 3.8) is 0 Å². The van der Waals surface area contributed by atoms with Crippen molar-refractivity contribution in [3.05, 3.63) is 70.2 Å². The minimum atomic E-state index is -1.04. The van der Waals surface area contributed by atoms with Crippen LogP contribution in [0.15, 0.2) is 48.5 Å². The first-order valence-corrected chi connectivity index (χ1v) is 11.7. The van der Waals surface area contributed by atoms with E-state index in [1.165, 1.54) is 12.1 Å². The molecule has 5 rings (SSSR count). The van der Waals surface area contributed by atoms with Gasteiger partial charge in [-0.15, -0.1) is 0 Å². The molecule has 5 atom stereocenters. The van der Waals surface area contributed by atoms with Crippen LogP contribution in [0.1, 0.15) is 52.5 Å². The number of ketones is 1. The van der Waals surface area contributed by atoms with Crippen LogP contribution >= 0.6 is 11.6 Å². The number of amides is 3. The van der Waals surface area contributed by atoms with Crippen molar-refractivity contribution in [3.8, 4) is 0 Å². The molecule has 1 heterocycles. The summed E-state index contributed by atoms with van der Waals surface area (Å²) in [4.78, 5) is 54.0. The number of carbonyl (C=O) groups excluding carboxylic acids is 4. The predicted octanol–water partition coefficient (Wildman–Crippen LogP) is 4.31. The summed E-state index contributed by atoms with van der Waals surface area (Å²) < 4.78 is 0. The van der Waals surface area contributed by atoms with Gasteiger partial charge in [-0.3, -0.25) is 19.2 Å². The minimum absolute atomic E-state index is 0.178. The third kappa shape index (κ3) is 3.48. The Balaban J connectivity index is 1.54. The maximum absolute atomic E-state index is 13.6. The summed E-state index contributed by atoms with van der Waals surface area (Å²) in [7, 11) is 0. The summed E-state index contributed by atoms with van der Waals surface area (Å²) in [6.45, 7) is 3.49. The second-order valence-electron chi connectivity index (χ2n) is 9.44. The number of Topliss-reactive ketones (excluding diaryl/α,β-unsaturated/α-hetero) is 1. The fraction of sp³-hybridized carbons (Fsp3) is 0.385. The van der Waals surface area contributed by atoms with Crippen molar-refractivity contribution >= 4 is 35.1 Å². The van der Waals surface area contributed by atoms with Crippen LogP contribution in [0.2, 0.25) is 5.02 Å². The van der Waals surface area contributed by atoms with E-state index in [1.807, 2.05) is 19.1 Å². The Hall–Kier alpha value is -2.99.